The molecule has 1 aliphatic rings. The van der Waals surface area contributed by atoms with E-state index >= 15 is 0 Å². The summed E-state index contributed by atoms with van der Waals surface area (Å²) in [6, 6.07) is -2.59. The molecule has 0 fully saturated rings. The molecule has 0 saturated carbocycles. The average molecular weight is 155 g/mol. The molecule has 2 heteroatoms. The highest BCUT2D eigenvalue weighted by Gasteiger charge is 2.16. The second-order valence-electron chi connectivity index (χ2n) is 2.21. The third-order valence-electron chi connectivity index (χ3n) is 1.51. The standard InChI is InChI=1S/C9H11NO/c10-8-5-6-11-9-4-2-1-3-7(8)9/h1-4,8H,5-6,10H2/t8-/m1/s1/i1D,2D,3D,4D,5D2. The van der Waals surface area contributed by atoms with Gasteiger partial charge in [0.1, 0.15) is 5.75 Å². The monoisotopic (exact) mass is 155 g/mol. The van der Waals surface area contributed by atoms with Gasteiger partial charge in [-0.2, -0.15) is 0 Å². The van der Waals surface area contributed by atoms with E-state index in [4.69, 9.17) is 18.7 Å². The summed E-state index contributed by atoms with van der Waals surface area (Å²) >= 11 is 0. The van der Waals surface area contributed by atoms with Gasteiger partial charge in [-0.05, 0) is 6.04 Å². The van der Waals surface area contributed by atoms with Crippen LogP contribution in [0.4, 0.5) is 0 Å². The Bertz CT molecular complexity index is 489. The third kappa shape index (κ3) is 1.10. The van der Waals surface area contributed by atoms with Crippen molar-refractivity contribution in [2.45, 2.75) is 12.4 Å². The zero-order chi connectivity index (χ0) is 13.0. The molecule has 1 aliphatic heterocycles. The van der Waals surface area contributed by atoms with Crippen LogP contribution in [-0.4, -0.2) is 6.61 Å². The maximum atomic E-state index is 7.70. The van der Waals surface area contributed by atoms with E-state index in [2.05, 4.69) is 0 Å². The van der Waals surface area contributed by atoms with Crippen LogP contribution in [0.5, 0.6) is 5.75 Å². The summed E-state index contributed by atoms with van der Waals surface area (Å²) < 4.78 is 50.7. The fourth-order valence-electron chi connectivity index (χ4n) is 0.949. The van der Waals surface area contributed by atoms with Gasteiger partial charge in [0.2, 0.25) is 0 Å². The van der Waals surface area contributed by atoms with E-state index < -0.39 is 24.5 Å². The van der Waals surface area contributed by atoms with Crippen LogP contribution in [0.3, 0.4) is 0 Å². The molecule has 58 valence electrons. The third-order valence-corrected chi connectivity index (χ3v) is 1.51. The van der Waals surface area contributed by atoms with Crippen LogP contribution in [0, 0.1) is 0 Å². The molecule has 2 rings (SSSR count). The number of benzene rings is 1. The minimum Gasteiger partial charge on any atom is -0.493 e. The molecule has 0 saturated heterocycles. The lowest BCUT2D eigenvalue weighted by Gasteiger charge is -2.22. The second-order valence-corrected chi connectivity index (χ2v) is 2.21. The second kappa shape index (κ2) is 2.55. The molecule has 1 aromatic carbocycles. The quantitative estimate of drug-likeness (QED) is 0.615. The van der Waals surface area contributed by atoms with Crippen molar-refractivity contribution in [1.82, 2.24) is 0 Å². The summed E-state index contributed by atoms with van der Waals surface area (Å²) in [5.41, 5.74) is 5.72. The van der Waals surface area contributed by atoms with Crippen LogP contribution in [0.2, 0.25) is 0 Å². The normalized spacial score (nSPS) is 34.5. The Morgan fingerprint density at radius 3 is 3.36 bits per heavy atom. The topological polar surface area (TPSA) is 35.2 Å². The lowest BCUT2D eigenvalue weighted by Crippen LogP contribution is -2.20. The minimum absolute atomic E-state index is 0.00671. The van der Waals surface area contributed by atoms with Gasteiger partial charge >= 0.3 is 0 Å². The van der Waals surface area contributed by atoms with Gasteiger partial charge in [0.15, 0.2) is 0 Å². The molecule has 2 N–H and O–H groups in total. The number of para-hydroxylation sites is 1. The summed E-state index contributed by atoms with van der Waals surface area (Å²) in [5, 5.41) is 0. The molecule has 0 aromatic heterocycles. The van der Waals surface area contributed by atoms with Crippen LogP contribution in [0.25, 0.3) is 0 Å². The molecule has 2 nitrogen and oxygen atoms in total. The van der Waals surface area contributed by atoms with Crippen molar-refractivity contribution in [1.29, 1.82) is 0 Å². The predicted molar refractivity (Wildman–Crippen MR) is 43.5 cm³/mol. The Kier molecular flexibility index (Phi) is 0.647. The smallest absolute Gasteiger partial charge is 0.124 e. The van der Waals surface area contributed by atoms with Crippen LogP contribution in [0.15, 0.2) is 24.2 Å². The lowest BCUT2D eigenvalue weighted by molar-refractivity contribution is 0.269. The molecule has 1 atom stereocenters. The Labute approximate surface area is 74.4 Å². The first kappa shape index (κ1) is 2.79. The molecule has 1 aromatic rings. The lowest BCUT2D eigenvalue weighted by atomic mass is 10.0. The minimum atomic E-state index is -1.84. The first-order valence-electron chi connectivity index (χ1n) is 6.26. The molecule has 0 spiro atoms. The molecular weight excluding hydrogens is 138 g/mol. The van der Waals surface area contributed by atoms with E-state index in [1.807, 2.05) is 0 Å². The van der Waals surface area contributed by atoms with Crippen LogP contribution >= 0.6 is 0 Å². The van der Waals surface area contributed by atoms with Crippen LogP contribution < -0.4 is 10.5 Å². The highest BCUT2D eigenvalue weighted by molar-refractivity contribution is 5.36. The van der Waals surface area contributed by atoms with Crippen molar-refractivity contribution >= 4 is 0 Å². The Morgan fingerprint density at radius 1 is 1.64 bits per heavy atom. The SMILES string of the molecule is [2H]c1c([2H])c([2H])c2c(c1[2H])OCC([2H])([2H])[C@H]2N. The zero-order valence-corrected chi connectivity index (χ0v) is 5.77. The first-order chi connectivity index (χ1) is 7.77. The Hall–Kier alpha value is -1.02. The van der Waals surface area contributed by atoms with E-state index in [0.717, 1.165) is 0 Å². The van der Waals surface area contributed by atoms with E-state index in [1.165, 1.54) is 0 Å². The van der Waals surface area contributed by atoms with E-state index in [-0.39, 0.29) is 30.0 Å². The zero-order valence-electron chi connectivity index (χ0n) is 11.8. The van der Waals surface area contributed by atoms with Crippen molar-refractivity contribution in [2.24, 2.45) is 5.73 Å². The number of fused-ring (bicyclic) bond motifs is 1. The summed E-state index contributed by atoms with van der Waals surface area (Å²) in [7, 11) is 0. The fraction of sp³-hybridized carbons (Fsp3) is 0.333. The summed E-state index contributed by atoms with van der Waals surface area (Å²) in [4.78, 5) is 0. The number of ether oxygens (including phenoxy) is 1. The molecule has 11 heavy (non-hydrogen) atoms. The van der Waals surface area contributed by atoms with Gasteiger partial charge in [0, 0.05) is 20.7 Å². The van der Waals surface area contributed by atoms with Gasteiger partial charge in [0.05, 0.1) is 12.1 Å². The predicted octanol–water partition coefficient (Wildman–Crippen LogP) is 1.47. The van der Waals surface area contributed by atoms with Gasteiger partial charge in [-0.3, -0.25) is 0 Å². The molecule has 1 heterocycles. The van der Waals surface area contributed by atoms with Crippen molar-refractivity contribution in [3.05, 3.63) is 29.7 Å². The molecular formula is C9H11NO. The van der Waals surface area contributed by atoms with E-state index in [1.54, 1.807) is 0 Å². The van der Waals surface area contributed by atoms with Gasteiger partial charge in [-0.25, -0.2) is 0 Å². The molecule has 0 unspecified atom stereocenters. The fourth-order valence-corrected chi connectivity index (χ4v) is 0.949. The molecule has 0 bridgehead atoms. The van der Waals surface area contributed by atoms with Crippen LogP contribution in [0.1, 0.15) is 26.2 Å². The van der Waals surface area contributed by atoms with Gasteiger partial charge in [-0.1, -0.05) is 18.1 Å². The van der Waals surface area contributed by atoms with Gasteiger partial charge in [0.25, 0.3) is 0 Å². The Morgan fingerprint density at radius 2 is 2.45 bits per heavy atom. The highest BCUT2D eigenvalue weighted by Crippen LogP contribution is 2.29. The number of hydrogen-bond acceptors (Lipinski definition) is 2. The van der Waals surface area contributed by atoms with Crippen molar-refractivity contribution in [2.75, 3.05) is 6.61 Å². The highest BCUT2D eigenvalue weighted by atomic mass is 16.5. The number of nitrogens with two attached hydrogens (primary N) is 1. The molecule has 0 aliphatic carbocycles. The van der Waals surface area contributed by atoms with Gasteiger partial charge < -0.3 is 10.5 Å². The summed E-state index contributed by atoms with van der Waals surface area (Å²) in [6.07, 6.45) is -1.84. The number of rotatable bonds is 0. The summed E-state index contributed by atoms with van der Waals surface area (Å²) in [6.45, 7) is -0.316. The van der Waals surface area contributed by atoms with Crippen LogP contribution in [-0.2, 0) is 0 Å². The molecule has 0 radical (unpaired) electrons. The number of hydrogen-bond donors (Lipinski definition) is 1. The van der Waals surface area contributed by atoms with E-state index in [9.17, 15) is 0 Å². The first-order valence-corrected chi connectivity index (χ1v) is 3.26. The van der Waals surface area contributed by atoms with Crippen molar-refractivity contribution in [3.8, 4) is 5.75 Å². The maximum Gasteiger partial charge on any atom is 0.124 e. The maximum absolute atomic E-state index is 7.70. The van der Waals surface area contributed by atoms with Crippen molar-refractivity contribution < 1.29 is 13.0 Å². The largest absolute Gasteiger partial charge is 0.493 e. The van der Waals surface area contributed by atoms with E-state index in [0.29, 0.717) is 0 Å². The average Bonchev–Trinajstić information content (AvgIpc) is 2.27. The Balaban J connectivity index is 2.74. The molecule has 0 amide bonds. The summed E-state index contributed by atoms with van der Waals surface area (Å²) in [5.74, 6) is -0.0429. The van der Waals surface area contributed by atoms with Crippen molar-refractivity contribution in [3.63, 3.8) is 0 Å². The van der Waals surface area contributed by atoms with Gasteiger partial charge in [-0.15, -0.1) is 0 Å².